The molecule has 33 heavy (non-hydrogen) atoms. The van der Waals surface area contributed by atoms with E-state index in [4.69, 9.17) is 23.2 Å². The third kappa shape index (κ3) is 3.46. The molecule has 0 radical (unpaired) electrons. The van der Waals surface area contributed by atoms with Gasteiger partial charge in [0, 0.05) is 5.56 Å². The van der Waals surface area contributed by atoms with E-state index in [0.29, 0.717) is 18.5 Å². The molecule has 2 heterocycles. The summed E-state index contributed by atoms with van der Waals surface area (Å²) in [6.45, 7) is 1.65. The van der Waals surface area contributed by atoms with Crippen LogP contribution >= 0.6 is 23.2 Å². The first-order valence-electron chi connectivity index (χ1n) is 9.96. The van der Waals surface area contributed by atoms with Crippen molar-refractivity contribution >= 4 is 34.8 Å². The number of aromatic nitrogens is 3. The lowest BCUT2D eigenvalue weighted by Crippen LogP contribution is -2.36. The summed E-state index contributed by atoms with van der Waals surface area (Å²) in [5, 5.41) is 16.4. The van der Waals surface area contributed by atoms with Gasteiger partial charge in [-0.1, -0.05) is 29.3 Å². The standard InChI is InChI=1S/C22H14Cl2F2N6O/c1-10-20-29-19(21(33)30-22(9-27)7-8-22)31-32(20)14-6-5-11(23)17(24)16(14)18(28-10)15-12(25)3-2-4-13(15)26/h2-6,10H,7-8H2,1H3,(H,30,33)/t10-/m0/s1. The minimum atomic E-state index is -0.895. The Balaban J connectivity index is 1.70. The van der Waals surface area contributed by atoms with Gasteiger partial charge in [-0.25, -0.2) is 18.4 Å². The van der Waals surface area contributed by atoms with Crippen LogP contribution in [0.4, 0.5) is 8.78 Å². The van der Waals surface area contributed by atoms with Crippen LogP contribution in [0.1, 0.15) is 53.4 Å². The number of hydrogen-bond donors (Lipinski definition) is 1. The molecule has 2 aromatic carbocycles. The molecule has 11 heteroatoms. The number of carbonyl (C=O) groups is 1. The molecule has 0 bridgehead atoms. The third-order valence-electron chi connectivity index (χ3n) is 5.59. The molecular formula is C22H14Cl2F2N6O. The smallest absolute Gasteiger partial charge is 0.292 e. The number of benzene rings is 2. The van der Waals surface area contributed by atoms with Crippen molar-refractivity contribution in [1.29, 1.82) is 5.26 Å². The highest BCUT2D eigenvalue weighted by Gasteiger charge is 2.45. The van der Waals surface area contributed by atoms with E-state index < -0.39 is 29.1 Å². The Hall–Kier alpha value is -3.35. The van der Waals surface area contributed by atoms with Crippen molar-refractivity contribution in [2.75, 3.05) is 0 Å². The van der Waals surface area contributed by atoms with Gasteiger partial charge in [-0.05, 0) is 44.0 Å². The summed E-state index contributed by atoms with van der Waals surface area (Å²) in [6.07, 6.45) is 1.11. The first-order chi connectivity index (χ1) is 15.7. The monoisotopic (exact) mass is 486 g/mol. The minimum Gasteiger partial charge on any atom is -0.331 e. The van der Waals surface area contributed by atoms with Gasteiger partial charge < -0.3 is 5.32 Å². The average Bonchev–Trinajstić information content (AvgIpc) is 3.43. The Labute approximate surface area is 196 Å². The summed E-state index contributed by atoms with van der Waals surface area (Å²) < 4.78 is 30.8. The van der Waals surface area contributed by atoms with Gasteiger partial charge in [0.15, 0.2) is 5.82 Å². The van der Waals surface area contributed by atoms with E-state index in [1.807, 2.05) is 0 Å². The molecule has 2 aliphatic rings. The number of aliphatic imine (C=N–C) groups is 1. The van der Waals surface area contributed by atoms with Crippen molar-refractivity contribution in [2.24, 2.45) is 4.99 Å². The highest BCUT2D eigenvalue weighted by atomic mass is 35.5. The number of halogens is 4. The number of hydrogen-bond acceptors (Lipinski definition) is 5. The van der Waals surface area contributed by atoms with Gasteiger partial charge in [0.25, 0.3) is 5.91 Å². The molecule has 0 saturated heterocycles. The summed E-state index contributed by atoms with van der Waals surface area (Å²) in [6, 6.07) is 7.89. The average molecular weight is 487 g/mol. The second kappa shape index (κ2) is 7.61. The van der Waals surface area contributed by atoms with Gasteiger partial charge in [0.2, 0.25) is 5.82 Å². The Morgan fingerprint density at radius 3 is 2.55 bits per heavy atom. The molecular weight excluding hydrogens is 473 g/mol. The molecule has 1 amide bonds. The van der Waals surface area contributed by atoms with Crippen molar-refractivity contribution in [3.63, 3.8) is 0 Å². The van der Waals surface area contributed by atoms with Crippen LogP contribution < -0.4 is 5.32 Å². The fourth-order valence-electron chi connectivity index (χ4n) is 3.70. The molecule has 1 aliphatic heterocycles. The molecule has 1 N–H and O–H groups in total. The molecule has 166 valence electrons. The van der Waals surface area contributed by atoms with Crippen LogP contribution in [0.2, 0.25) is 10.0 Å². The van der Waals surface area contributed by atoms with Crippen LogP contribution in [-0.2, 0) is 0 Å². The molecule has 0 unspecified atom stereocenters. The van der Waals surface area contributed by atoms with Gasteiger partial charge in [0.1, 0.15) is 23.2 Å². The van der Waals surface area contributed by atoms with E-state index in [0.717, 1.165) is 12.1 Å². The molecule has 1 fully saturated rings. The molecule has 1 saturated carbocycles. The van der Waals surface area contributed by atoms with E-state index in [2.05, 4.69) is 26.5 Å². The summed E-state index contributed by atoms with van der Waals surface area (Å²) in [7, 11) is 0. The number of fused-ring (bicyclic) bond motifs is 3. The fraction of sp³-hybridized carbons (Fsp3) is 0.227. The second-order valence-corrected chi connectivity index (χ2v) is 8.64. The van der Waals surface area contributed by atoms with Gasteiger partial charge in [-0.2, -0.15) is 5.26 Å². The van der Waals surface area contributed by atoms with Crippen molar-refractivity contribution in [3.05, 3.63) is 74.8 Å². The zero-order valence-electron chi connectivity index (χ0n) is 17.0. The zero-order valence-corrected chi connectivity index (χ0v) is 18.5. The SMILES string of the molecule is C[C@@H]1N=C(c2c(F)cccc2F)c2c(ccc(Cl)c2Cl)-n2nc(C(=O)NC3(C#N)CC3)nc21. The Morgan fingerprint density at radius 1 is 1.21 bits per heavy atom. The van der Waals surface area contributed by atoms with Crippen molar-refractivity contribution in [2.45, 2.75) is 31.3 Å². The Kier molecular flexibility index (Phi) is 4.96. The van der Waals surface area contributed by atoms with Crippen LogP contribution in [0.15, 0.2) is 35.3 Å². The van der Waals surface area contributed by atoms with Crippen LogP contribution in [-0.4, -0.2) is 31.9 Å². The maximum absolute atomic E-state index is 14.7. The minimum absolute atomic E-state index is 0.0264. The molecule has 1 aliphatic carbocycles. The van der Waals surface area contributed by atoms with E-state index in [1.54, 1.807) is 13.0 Å². The molecule has 1 aromatic heterocycles. The topological polar surface area (TPSA) is 96.0 Å². The fourth-order valence-corrected chi connectivity index (χ4v) is 4.11. The quantitative estimate of drug-likeness (QED) is 0.587. The van der Waals surface area contributed by atoms with Crippen molar-refractivity contribution in [3.8, 4) is 11.8 Å². The summed E-state index contributed by atoms with van der Waals surface area (Å²) in [5.74, 6) is -2.14. The lowest BCUT2D eigenvalue weighted by molar-refractivity contribution is 0.0931. The maximum Gasteiger partial charge on any atom is 0.292 e. The lowest BCUT2D eigenvalue weighted by atomic mass is 9.99. The first kappa shape index (κ1) is 21.5. The molecule has 1 atom stereocenters. The number of rotatable bonds is 3. The number of nitrogens with one attached hydrogen (secondary N) is 1. The second-order valence-electron chi connectivity index (χ2n) is 7.86. The van der Waals surface area contributed by atoms with Crippen LogP contribution in [0.3, 0.4) is 0 Å². The predicted octanol–water partition coefficient (Wildman–Crippen LogP) is 4.55. The molecule has 5 rings (SSSR count). The molecule has 3 aromatic rings. The highest BCUT2D eigenvalue weighted by Crippen LogP contribution is 2.38. The maximum atomic E-state index is 14.7. The number of nitrogens with zero attached hydrogens (tertiary/aromatic N) is 5. The van der Waals surface area contributed by atoms with Gasteiger partial charge >= 0.3 is 0 Å². The number of carbonyl (C=O) groups excluding carboxylic acids is 1. The molecule has 0 spiro atoms. The number of nitriles is 1. The Morgan fingerprint density at radius 2 is 1.91 bits per heavy atom. The van der Waals surface area contributed by atoms with E-state index in [9.17, 15) is 18.8 Å². The van der Waals surface area contributed by atoms with Crippen molar-refractivity contribution in [1.82, 2.24) is 20.1 Å². The number of amides is 1. The lowest BCUT2D eigenvalue weighted by Gasteiger charge is -2.14. The third-order valence-corrected chi connectivity index (χ3v) is 6.39. The molecule has 7 nitrogen and oxygen atoms in total. The zero-order chi connectivity index (χ0) is 23.5. The van der Waals surface area contributed by atoms with Crippen LogP contribution in [0, 0.1) is 23.0 Å². The van der Waals surface area contributed by atoms with Gasteiger partial charge in [-0.15, -0.1) is 5.10 Å². The summed E-state index contributed by atoms with van der Waals surface area (Å²) in [5.41, 5.74) is -0.832. The van der Waals surface area contributed by atoms with E-state index in [-0.39, 0.29) is 38.5 Å². The van der Waals surface area contributed by atoms with E-state index >= 15 is 0 Å². The van der Waals surface area contributed by atoms with Crippen molar-refractivity contribution < 1.29 is 13.6 Å². The van der Waals surface area contributed by atoms with Crippen LogP contribution in [0.5, 0.6) is 0 Å². The summed E-state index contributed by atoms with van der Waals surface area (Å²) >= 11 is 12.7. The van der Waals surface area contributed by atoms with Gasteiger partial charge in [-0.3, -0.25) is 9.79 Å². The normalized spacial score (nSPS) is 17.8. The largest absolute Gasteiger partial charge is 0.331 e. The van der Waals surface area contributed by atoms with Crippen LogP contribution in [0.25, 0.3) is 5.69 Å². The summed E-state index contributed by atoms with van der Waals surface area (Å²) in [4.78, 5) is 21.5. The highest BCUT2D eigenvalue weighted by molar-refractivity contribution is 6.45. The Bertz CT molecular complexity index is 1390. The first-order valence-corrected chi connectivity index (χ1v) is 10.7. The van der Waals surface area contributed by atoms with E-state index in [1.165, 1.54) is 16.8 Å². The predicted molar refractivity (Wildman–Crippen MR) is 117 cm³/mol. The van der Waals surface area contributed by atoms with Gasteiger partial charge in [0.05, 0.1) is 33.1 Å².